The Labute approximate surface area is 138 Å². The second-order valence-electron chi connectivity index (χ2n) is 5.17. The Morgan fingerprint density at radius 1 is 1.21 bits per heavy atom. The molecule has 3 aromatic rings. The van der Waals surface area contributed by atoms with Gasteiger partial charge in [0.15, 0.2) is 0 Å². The van der Waals surface area contributed by atoms with Crippen molar-refractivity contribution in [1.82, 2.24) is 14.9 Å². The van der Waals surface area contributed by atoms with Gasteiger partial charge in [0.25, 0.3) is 0 Å². The van der Waals surface area contributed by atoms with E-state index < -0.39 is 6.09 Å². The van der Waals surface area contributed by atoms with Crippen LogP contribution in [0.2, 0.25) is 0 Å². The topological polar surface area (TPSA) is 96.6 Å². The number of aromatic nitrogens is 2. The van der Waals surface area contributed by atoms with Gasteiger partial charge >= 0.3 is 6.09 Å². The fraction of sp³-hybridized carbons (Fsp3) is 0.176. The fourth-order valence-electron chi connectivity index (χ4n) is 2.40. The van der Waals surface area contributed by atoms with Crippen LogP contribution in [-0.4, -0.2) is 39.0 Å². The number of pyridine rings is 1. The molecule has 0 bridgehead atoms. The Morgan fingerprint density at radius 3 is 2.83 bits per heavy atom. The van der Waals surface area contributed by atoms with E-state index in [0.717, 1.165) is 15.6 Å². The number of rotatable bonds is 6. The van der Waals surface area contributed by atoms with Gasteiger partial charge in [0.2, 0.25) is 0 Å². The first-order valence-corrected chi connectivity index (χ1v) is 7.46. The van der Waals surface area contributed by atoms with Crippen LogP contribution < -0.4 is 10.1 Å². The lowest BCUT2D eigenvalue weighted by Gasteiger charge is -2.08. The van der Waals surface area contributed by atoms with E-state index in [9.17, 15) is 4.79 Å². The zero-order valence-corrected chi connectivity index (χ0v) is 12.8. The second kappa shape index (κ2) is 7.12. The highest BCUT2D eigenvalue weighted by molar-refractivity contribution is 5.89. The Kier molecular flexibility index (Phi) is 4.74. The van der Waals surface area contributed by atoms with Gasteiger partial charge in [-0.15, -0.1) is 0 Å². The highest BCUT2D eigenvalue weighted by Gasteiger charge is 2.08. The molecule has 0 aliphatic rings. The predicted octanol–water partition coefficient (Wildman–Crippen LogP) is 2.44. The van der Waals surface area contributed by atoms with Gasteiger partial charge in [-0.3, -0.25) is 9.55 Å². The summed E-state index contributed by atoms with van der Waals surface area (Å²) in [6.45, 7) is 1.12. The average Bonchev–Trinajstić information content (AvgIpc) is 2.99. The number of nitrogens with one attached hydrogen (secondary N) is 1. The van der Waals surface area contributed by atoms with Gasteiger partial charge in [-0.1, -0.05) is 0 Å². The smallest absolute Gasteiger partial charge is 0.415 e. The van der Waals surface area contributed by atoms with E-state index in [4.69, 9.17) is 14.9 Å². The highest BCUT2D eigenvalue weighted by Crippen LogP contribution is 2.26. The Bertz CT molecular complexity index is 860. The standard InChI is InChI=1S/C17H17N3O4/c21-8-6-18-11-13-10-15(3-5-19-13)24-14-1-2-16-12(9-14)4-7-20(16)17(22)23/h1-5,7,9-10,18,21H,6,8,11H2,(H,22,23). The van der Waals surface area contributed by atoms with Crippen molar-refractivity contribution in [2.45, 2.75) is 6.54 Å². The van der Waals surface area contributed by atoms with Gasteiger partial charge in [0.1, 0.15) is 11.5 Å². The summed E-state index contributed by atoms with van der Waals surface area (Å²) in [7, 11) is 0. The lowest BCUT2D eigenvalue weighted by molar-refractivity contribution is 0.197. The molecule has 0 amide bonds. The summed E-state index contributed by atoms with van der Waals surface area (Å²) in [5, 5.41) is 21.7. The Hall–Kier alpha value is -2.90. The van der Waals surface area contributed by atoms with Crippen molar-refractivity contribution < 1.29 is 19.7 Å². The minimum Gasteiger partial charge on any atom is -0.464 e. The van der Waals surface area contributed by atoms with Gasteiger partial charge < -0.3 is 20.3 Å². The molecule has 0 radical (unpaired) electrons. The molecule has 2 heterocycles. The predicted molar refractivity (Wildman–Crippen MR) is 88.5 cm³/mol. The normalized spacial score (nSPS) is 10.9. The third-order valence-electron chi connectivity index (χ3n) is 3.49. The van der Waals surface area contributed by atoms with Crippen LogP contribution in [0.5, 0.6) is 11.5 Å². The molecule has 1 aromatic carbocycles. The summed E-state index contributed by atoms with van der Waals surface area (Å²) >= 11 is 0. The number of carboxylic acid groups (broad SMARTS) is 1. The zero-order valence-electron chi connectivity index (χ0n) is 12.8. The van der Waals surface area contributed by atoms with Crippen LogP contribution in [0.25, 0.3) is 10.9 Å². The number of fused-ring (bicyclic) bond motifs is 1. The van der Waals surface area contributed by atoms with Gasteiger partial charge in [-0.25, -0.2) is 4.79 Å². The lowest BCUT2D eigenvalue weighted by Crippen LogP contribution is -2.18. The van der Waals surface area contributed by atoms with Crippen LogP contribution in [-0.2, 0) is 6.54 Å². The highest BCUT2D eigenvalue weighted by atomic mass is 16.5. The van der Waals surface area contributed by atoms with E-state index in [-0.39, 0.29) is 6.61 Å². The summed E-state index contributed by atoms with van der Waals surface area (Å²) in [6.07, 6.45) is 2.15. The largest absolute Gasteiger partial charge is 0.464 e. The molecule has 7 heteroatoms. The molecule has 7 nitrogen and oxygen atoms in total. The summed E-state index contributed by atoms with van der Waals surface area (Å²) in [5.74, 6) is 1.26. The van der Waals surface area contributed by atoms with Crippen LogP contribution in [0.15, 0.2) is 48.8 Å². The van der Waals surface area contributed by atoms with E-state index in [2.05, 4.69) is 10.3 Å². The molecule has 0 saturated carbocycles. The molecule has 24 heavy (non-hydrogen) atoms. The van der Waals surface area contributed by atoms with Crippen molar-refractivity contribution in [3.63, 3.8) is 0 Å². The van der Waals surface area contributed by atoms with E-state index in [1.54, 1.807) is 36.5 Å². The maximum Gasteiger partial charge on any atom is 0.415 e. The first-order valence-electron chi connectivity index (χ1n) is 7.46. The average molecular weight is 327 g/mol. The molecular formula is C17H17N3O4. The molecule has 0 unspecified atom stereocenters. The third kappa shape index (κ3) is 3.53. The van der Waals surface area contributed by atoms with Crippen molar-refractivity contribution in [2.75, 3.05) is 13.2 Å². The van der Waals surface area contributed by atoms with E-state index >= 15 is 0 Å². The first-order chi connectivity index (χ1) is 11.7. The molecule has 0 spiro atoms. The lowest BCUT2D eigenvalue weighted by atomic mass is 10.2. The Balaban J connectivity index is 1.77. The number of aliphatic hydroxyl groups excluding tert-OH is 1. The molecule has 2 aromatic heterocycles. The van der Waals surface area contributed by atoms with Crippen LogP contribution in [0, 0.1) is 0 Å². The SMILES string of the molecule is O=C(O)n1ccc2cc(Oc3ccnc(CNCCO)c3)ccc21. The molecule has 124 valence electrons. The fourth-order valence-corrected chi connectivity index (χ4v) is 2.40. The molecular weight excluding hydrogens is 310 g/mol. The molecule has 0 fully saturated rings. The van der Waals surface area contributed by atoms with E-state index in [1.165, 1.54) is 6.20 Å². The quantitative estimate of drug-likeness (QED) is 0.602. The number of nitrogens with zero attached hydrogens (tertiary/aromatic N) is 2. The van der Waals surface area contributed by atoms with Crippen molar-refractivity contribution in [2.24, 2.45) is 0 Å². The third-order valence-corrected chi connectivity index (χ3v) is 3.49. The summed E-state index contributed by atoms with van der Waals surface area (Å²) < 4.78 is 6.99. The van der Waals surface area contributed by atoms with Crippen molar-refractivity contribution in [3.05, 3.63) is 54.5 Å². The van der Waals surface area contributed by atoms with Crippen LogP contribution in [0.3, 0.4) is 0 Å². The monoisotopic (exact) mass is 327 g/mol. The molecule has 3 rings (SSSR count). The Morgan fingerprint density at radius 2 is 2.04 bits per heavy atom. The number of ether oxygens (including phenoxy) is 1. The van der Waals surface area contributed by atoms with Gasteiger partial charge in [0, 0.05) is 36.9 Å². The molecule has 3 N–H and O–H groups in total. The van der Waals surface area contributed by atoms with Gasteiger partial charge in [-0.05, 0) is 30.3 Å². The summed E-state index contributed by atoms with van der Waals surface area (Å²) in [6, 6.07) is 10.5. The first kappa shape index (κ1) is 16.0. The summed E-state index contributed by atoms with van der Waals surface area (Å²) in [5.41, 5.74) is 1.41. The zero-order chi connectivity index (χ0) is 16.9. The number of aliphatic hydroxyl groups is 1. The number of hydrogen-bond acceptors (Lipinski definition) is 5. The second-order valence-corrected chi connectivity index (χ2v) is 5.17. The molecule has 0 saturated heterocycles. The molecule has 0 atom stereocenters. The minimum atomic E-state index is -1.02. The minimum absolute atomic E-state index is 0.0756. The summed E-state index contributed by atoms with van der Waals surface area (Å²) in [4.78, 5) is 15.3. The molecule has 0 aliphatic heterocycles. The van der Waals surface area contributed by atoms with Gasteiger partial charge in [-0.2, -0.15) is 0 Å². The number of benzene rings is 1. The van der Waals surface area contributed by atoms with Crippen LogP contribution >= 0.6 is 0 Å². The van der Waals surface area contributed by atoms with Gasteiger partial charge in [0.05, 0.1) is 17.8 Å². The molecule has 0 aliphatic carbocycles. The van der Waals surface area contributed by atoms with Crippen molar-refractivity contribution >= 4 is 17.0 Å². The number of carbonyl (C=O) groups is 1. The van der Waals surface area contributed by atoms with Crippen molar-refractivity contribution in [3.8, 4) is 11.5 Å². The van der Waals surface area contributed by atoms with Crippen molar-refractivity contribution in [1.29, 1.82) is 0 Å². The maximum absolute atomic E-state index is 11.1. The maximum atomic E-state index is 11.1. The van der Waals surface area contributed by atoms with Crippen LogP contribution in [0.1, 0.15) is 5.69 Å². The number of hydrogen-bond donors (Lipinski definition) is 3. The van der Waals surface area contributed by atoms with E-state index in [0.29, 0.717) is 30.1 Å². The van der Waals surface area contributed by atoms with Crippen LogP contribution in [0.4, 0.5) is 4.79 Å². The van der Waals surface area contributed by atoms with E-state index in [1.807, 2.05) is 6.07 Å².